The Bertz CT molecular complexity index is 387. The molecule has 0 spiro atoms. The van der Waals surface area contributed by atoms with Crippen molar-refractivity contribution < 1.29 is 9.53 Å². The normalized spacial score (nSPS) is 17.4. The summed E-state index contributed by atoms with van der Waals surface area (Å²) in [6.07, 6.45) is 1.81. The number of aromatic nitrogens is 2. The van der Waals surface area contributed by atoms with Gasteiger partial charge >= 0.3 is 0 Å². The van der Waals surface area contributed by atoms with Crippen LogP contribution in [0.3, 0.4) is 0 Å². The third-order valence-electron chi connectivity index (χ3n) is 2.27. The molecule has 0 atom stereocenters. The fraction of sp³-hybridized carbons (Fsp3) is 0.556. The molecule has 0 radical (unpaired) electrons. The van der Waals surface area contributed by atoms with E-state index in [0.29, 0.717) is 18.9 Å². The molecule has 1 fully saturated rings. The molecule has 1 aromatic rings. The number of hydrogen-bond donors (Lipinski definition) is 1. The Kier molecular flexibility index (Phi) is 3.77. The van der Waals surface area contributed by atoms with Crippen molar-refractivity contribution in [3.05, 3.63) is 15.5 Å². The van der Waals surface area contributed by atoms with Gasteiger partial charge in [0.05, 0.1) is 16.8 Å². The minimum Gasteiger partial charge on any atom is -0.379 e. The van der Waals surface area contributed by atoms with Crippen LogP contribution in [0.1, 0.15) is 10.5 Å². The number of hydrazine groups is 1. The van der Waals surface area contributed by atoms with Crippen molar-refractivity contribution in [3.63, 3.8) is 0 Å². The van der Waals surface area contributed by atoms with E-state index in [9.17, 15) is 4.79 Å². The number of nitrogens with one attached hydrogen (secondary N) is 1. The van der Waals surface area contributed by atoms with E-state index >= 15 is 0 Å². The van der Waals surface area contributed by atoms with Gasteiger partial charge in [-0.2, -0.15) is 5.10 Å². The van der Waals surface area contributed by atoms with E-state index in [-0.39, 0.29) is 5.91 Å². The molecule has 16 heavy (non-hydrogen) atoms. The summed E-state index contributed by atoms with van der Waals surface area (Å²) in [7, 11) is 1.80. The predicted molar refractivity (Wildman–Crippen MR) is 65.8 cm³/mol. The molecule has 0 unspecified atom stereocenters. The Hall–Kier alpha value is -0.670. The topological polar surface area (TPSA) is 59.4 Å². The Labute approximate surface area is 107 Å². The lowest BCUT2D eigenvalue weighted by molar-refractivity contribution is 0.0124. The lowest BCUT2D eigenvalue weighted by Crippen LogP contribution is -2.48. The lowest BCUT2D eigenvalue weighted by atomic mass is 10.4. The average molecular weight is 336 g/mol. The van der Waals surface area contributed by atoms with E-state index in [0.717, 1.165) is 16.7 Å². The van der Waals surface area contributed by atoms with Crippen molar-refractivity contribution in [1.82, 2.24) is 20.2 Å². The van der Waals surface area contributed by atoms with Crippen molar-refractivity contribution in [2.75, 3.05) is 26.3 Å². The number of aryl methyl sites for hydroxylation is 1. The number of halogens is 1. The Morgan fingerprint density at radius 2 is 2.25 bits per heavy atom. The van der Waals surface area contributed by atoms with Gasteiger partial charge in [-0.25, -0.2) is 5.01 Å². The van der Waals surface area contributed by atoms with Gasteiger partial charge in [0.2, 0.25) is 0 Å². The second kappa shape index (κ2) is 5.11. The predicted octanol–water partition coefficient (Wildman–Crippen LogP) is 0.00170. The molecule has 2 heterocycles. The highest BCUT2D eigenvalue weighted by molar-refractivity contribution is 14.1. The maximum absolute atomic E-state index is 11.9. The fourth-order valence-electron chi connectivity index (χ4n) is 1.49. The minimum atomic E-state index is -0.160. The summed E-state index contributed by atoms with van der Waals surface area (Å²) in [6, 6.07) is 0. The number of carbonyl (C=O) groups excluding carboxylic acids is 1. The molecule has 1 saturated heterocycles. The number of amides is 1. The van der Waals surface area contributed by atoms with Crippen LogP contribution in [0.4, 0.5) is 0 Å². The third kappa shape index (κ3) is 2.71. The van der Waals surface area contributed by atoms with Gasteiger partial charge in [0.1, 0.15) is 0 Å². The zero-order chi connectivity index (χ0) is 11.5. The molecule has 1 N–H and O–H groups in total. The largest absolute Gasteiger partial charge is 0.379 e. The van der Waals surface area contributed by atoms with E-state index in [1.165, 1.54) is 0 Å². The van der Waals surface area contributed by atoms with E-state index < -0.39 is 0 Å². The monoisotopic (exact) mass is 336 g/mol. The highest BCUT2D eigenvalue weighted by Gasteiger charge is 2.18. The molecule has 0 aliphatic carbocycles. The van der Waals surface area contributed by atoms with Crippen LogP contribution in [0.25, 0.3) is 0 Å². The lowest BCUT2D eigenvalue weighted by Gasteiger charge is -2.26. The van der Waals surface area contributed by atoms with Crippen LogP contribution in [0.2, 0.25) is 0 Å². The van der Waals surface area contributed by atoms with Gasteiger partial charge in [0.25, 0.3) is 5.91 Å². The molecule has 0 bridgehead atoms. The number of nitrogens with zero attached hydrogens (tertiary/aromatic N) is 3. The van der Waals surface area contributed by atoms with E-state index in [1.807, 2.05) is 11.2 Å². The van der Waals surface area contributed by atoms with Crippen LogP contribution in [0.15, 0.2) is 6.20 Å². The summed E-state index contributed by atoms with van der Waals surface area (Å²) in [6.45, 7) is 2.74. The minimum absolute atomic E-state index is 0.160. The van der Waals surface area contributed by atoms with Crippen LogP contribution in [0.5, 0.6) is 0 Å². The van der Waals surface area contributed by atoms with Crippen molar-refractivity contribution in [3.8, 4) is 0 Å². The zero-order valence-electron chi connectivity index (χ0n) is 8.94. The first-order valence-electron chi connectivity index (χ1n) is 4.99. The quantitative estimate of drug-likeness (QED) is 0.773. The van der Waals surface area contributed by atoms with Crippen molar-refractivity contribution >= 4 is 28.5 Å². The van der Waals surface area contributed by atoms with Gasteiger partial charge < -0.3 is 4.74 Å². The summed E-state index contributed by atoms with van der Waals surface area (Å²) in [5.41, 5.74) is 3.29. The second-order valence-corrected chi connectivity index (χ2v) is 4.70. The zero-order valence-corrected chi connectivity index (χ0v) is 11.1. The van der Waals surface area contributed by atoms with E-state index in [1.54, 1.807) is 11.7 Å². The SMILES string of the molecule is Cn1cc(I)c(C(=O)NN2CCOCC2)n1. The van der Waals surface area contributed by atoms with Gasteiger partial charge in [-0.3, -0.25) is 14.9 Å². The second-order valence-electron chi connectivity index (χ2n) is 3.54. The summed E-state index contributed by atoms with van der Waals surface area (Å²) in [5, 5.41) is 5.97. The highest BCUT2D eigenvalue weighted by Crippen LogP contribution is 2.09. The van der Waals surface area contributed by atoms with Gasteiger partial charge in [0, 0.05) is 26.3 Å². The summed E-state index contributed by atoms with van der Waals surface area (Å²) < 4.78 is 7.69. The van der Waals surface area contributed by atoms with E-state index in [2.05, 4.69) is 33.1 Å². The van der Waals surface area contributed by atoms with Crippen LogP contribution >= 0.6 is 22.6 Å². The first-order chi connectivity index (χ1) is 7.66. The molecule has 0 saturated carbocycles. The van der Waals surface area contributed by atoms with Gasteiger partial charge in [-0.05, 0) is 22.6 Å². The number of morpholine rings is 1. The molecule has 0 aromatic carbocycles. The molecule has 1 aromatic heterocycles. The Morgan fingerprint density at radius 1 is 1.56 bits per heavy atom. The number of carbonyl (C=O) groups is 1. The summed E-state index contributed by atoms with van der Waals surface area (Å²) in [5.74, 6) is -0.160. The maximum Gasteiger partial charge on any atom is 0.287 e. The number of rotatable bonds is 2. The van der Waals surface area contributed by atoms with Crippen LogP contribution in [-0.2, 0) is 11.8 Å². The molecule has 1 aliphatic rings. The summed E-state index contributed by atoms with van der Waals surface area (Å²) in [4.78, 5) is 11.9. The maximum atomic E-state index is 11.9. The molecule has 7 heteroatoms. The molecule has 1 amide bonds. The molecule has 6 nitrogen and oxygen atoms in total. The number of hydrogen-bond acceptors (Lipinski definition) is 4. The standard InChI is InChI=1S/C9H13IN4O2/c1-13-6-7(10)8(11-13)9(15)12-14-2-4-16-5-3-14/h6H,2-5H2,1H3,(H,12,15). The van der Waals surface area contributed by atoms with Gasteiger partial charge in [-0.15, -0.1) is 0 Å². The van der Waals surface area contributed by atoms with Gasteiger partial charge in [0.15, 0.2) is 5.69 Å². The Balaban J connectivity index is 1.99. The summed E-state index contributed by atoms with van der Waals surface area (Å²) >= 11 is 2.10. The molecular weight excluding hydrogens is 323 g/mol. The van der Waals surface area contributed by atoms with Crippen molar-refractivity contribution in [2.24, 2.45) is 7.05 Å². The van der Waals surface area contributed by atoms with Gasteiger partial charge in [-0.1, -0.05) is 0 Å². The molecule has 2 rings (SSSR count). The third-order valence-corrected chi connectivity index (χ3v) is 3.06. The van der Waals surface area contributed by atoms with Crippen LogP contribution in [0, 0.1) is 3.57 Å². The van der Waals surface area contributed by atoms with Crippen LogP contribution < -0.4 is 5.43 Å². The van der Waals surface area contributed by atoms with Crippen LogP contribution in [-0.4, -0.2) is 47.0 Å². The first kappa shape index (κ1) is 11.8. The smallest absolute Gasteiger partial charge is 0.287 e. The molecule has 1 aliphatic heterocycles. The molecular formula is C9H13IN4O2. The fourth-order valence-corrected chi connectivity index (χ4v) is 2.24. The van der Waals surface area contributed by atoms with E-state index in [4.69, 9.17) is 4.74 Å². The highest BCUT2D eigenvalue weighted by atomic mass is 127. The first-order valence-corrected chi connectivity index (χ1v) is 6.07. The van der Waals surface area contributed by atoms with Crippen molar-refractivity contribution in [1.29, 1.82) is 0 Å². The average Bonchev–Trinajstić information content (AvgIpc) is 2.59. The molecule has 88 valence electrons. The number of ether oxygens (including phenoxy) is 1. The van der Waals surface area contributed by atoms with Crippen molar-refractivity contribution in [2.45, 2.75) is 0 Å². The Morgan fingerprint density at radius 3 is 2.81 bits per heavy atom.